The van der Waals surface area contributed by atoms with Crippen LogP contribution in [0, 0.1) is 17.8 Å². The van der Waals surface area contributed by atoms with Gasteiger partial charge in [0.1, 0.15) is 6.10 Å². The summed E-state index contributed by atoms with van der Waals surface area (Å²) in [5, 5.41) is 15.5. The zero-order valence-corrected chi connectivity index (χ0v) is 27.6. The van der Waals surface area contributed by atoms with Crippen molar-refractivity contribution in [2.24, 2.45) is 24.8 Å². The summed E-state index contributed by atoms with van der Waals surface area (Å²) in [6.07, 6.45) is 0.393. The third kappa shape index (κ3) is 6.63. The smallest absolute Gasteiger partial charge is 0.435 e. The molecular formula is C32H35ClF3N9O5. The van der Waals surface area contributed by atoms with Crippen molar-refractivity contribution in [2.75, 3.05) is 31.5 Å². The van der Waals surface area contributed by atoms with E-state index in [0.717, 1.165) is 19.3 Å². The molecule has 0 bridgehead atoms. The van der Waals surface area contributed by atoms with Gasteiger partial charge in [-0.2, -0.15) is 18.3 Å². The van der Waals surface area contributed by atoms with Crippen LogP contribution in [0.2, 0.25) is 5.02 Å². The lowest BCUT2D eigenvalue weighted by atomic mass is 9.85. The van der Waals surface area contributed by atoms with Gasteiger partial charge in [0.25, 0.3) is 18.3 Å². The molecule has 1 unspecified atom stereocenters. The molecule has 7 rings (SSSR count). The molecule has 4 fully saturated rings. The van der Waals surface area contributed by atoms with E-state index < -0.39 is 29.8 Å². The minimum Gasteiger partial charge on any atom is -0.461 e. The average molecular weight is 718 g/mol. The molecular weight excluding hydrogens is 683 g/mol. The predicted octanol–water partition coefficient (Wildman–Crippen LogP) is 2.89. The van der Waals surface area contributed by atoms with Gasteiger partial charge in [0.15, 0.2) is 11.5 Å². The molecule has 18 heteroatoms. The number of carbonyl (C=O) groups is 4. The fraction of sp³-hybridized carbons (Fsp3) is 0.500. The largest absolute Gasteiger partial charge is 0.461 e. The standard InChI is InChI=1S/C32H35ClF3N9O5/c1-43-24(21-14-45(11-16-3-2-4-16)42-27(21)32(34,35)36)9-38-28(43)30(48)39-17-5-6-18(22(33)7-17)29(47)41-26-19-12-44(13-20(19)26)31(49)40-23-8-37-10-25(23)50-15-46/h5-7,9,14-16,19-20,23,25-26,37H,2-4,8,10-13H2,1H3,(H,39,48)(H,40,49)(H,41,47)/t19-,20+,23-,25-,26?/m1/s1. The number of halogens is 4. The molecule has 1 aromatic carbocycles. The van der Waals surface area contributed by atoms with Crippen LogP contribution >= 0.6 is 11.6 Å². The number of hydrogen-bond donors (Lipinski definition) is 4. The van der Waals surface area contributed by atoms with Crippen LogP contribution in [0.5, 0.6) is 0 Å². The van der Waals surface area contributed by atoms with Crippen LogP contribution in [0.25, 0.3) is 11.3 Å². The van der Waals surface area contributed by atoms with Crippen LogP contribution < -0.4 is 21.3 Å². The van der Waals surface area contributed by atoms with Crippen LogP contribution in [0.4, 0.5) is 23.7 Å². The molecule has 4 aliphatic rings. The summed E-state index contributed by atoms with van der Waals surface area (Å²) >= 11 is 6.44. The number of ether oxygens (including phenoxy) is 1. The summed E-state index contributed by atoms with van der Waals surface area (Å²) in [5.74, 6) is -0.731. The number of carbonyl (C=O) groups excluding carboxylic acids is 4. The lowest BCUT2D eigenvalue weighted by Crippen LogP contribution is -2.50. The van der Waals surface area contributed by atoms with E-state index in [1.165, 1.54) is 46.9 Å². The van der Waals surface area contributed by atoms with Gasteiger partial charge in [0.2, 0.25) is 0 Å². The van der Waals surface area contributed by atoms with Gasteiger partial charge in [-0.3, -0.25) is 19.1 Å². The van der Waals surface area contributed by atoms with Gasteiger partial charge in [0.05, 0.1) is 34.1 Å². The van der Waals surface area contributed by atoms with Crippen LogP contribution in [0.3, 0.4) is 0 Å². The number of rotatable bonds is 10. The molecule has 0 spiro atoms. The van der Waals surface area contributed by atoms with Crippen molar-refractivity contribution in [1.29, 1.82) is 0 Å². The number of urea groups is 1. The summed E-state index contributed by atoms with van der Waals surface area (Å²) in [6.45, 7) is 2.66. The Morgan fingerprint density at radius 1 is 1.12 bits per heavy atom. The van der Waals surface area contributed by atoms with Gasteiger partial charge in [-0.15, -0.1) is 0 Å². The highest BCUT2D eigenvalue weighted by molar-refractivity contribution is 6.34. The molecule has 5 atom stereocenters. The van der Waals surface area contributed by atoms with Gasteiger partial charge in [-0.1, -0.05) is 18.0 Å². The fourth-order valence-corrected chi connectivity index (χ4v) is 7.35. The van der Waals surface area contributed by atoms with E-state index in [2.05, 4.69) is 31.3 Å². The highest BCUT2D eigenvalue weighted by Crippen LogP contribution is 2.46. The maximum absolute atomic E-state index is 13.9. The maximum Gasteiger partial charge on any atom is 0.435 e. The number of imidazole rings is 1. The monoisotopic (exact) mass is 717 g/mol. The molecule has 4 N–H and O–H groups in total. The molecule has 2 saturated heterocycles. The van der Waals surface area contributed by atoms with Crippen LogP contribution in [-0.2, 0) is 29.3 Å². The van der Waals surface area contributed by atoms with Crippen molar-refractivity contribution in [3.8, 4) is 11.3 Å². The first-order valence-corrected chi connectivity index (χ1v) is 16.7. The first-order valence-electron chi connectivity index (χ1n) is 16.3. The number of alkyl halides is 3. The maximum atomic E-state index is 13.9. The van der Waals surface area contributed by atoms with E-state index in [4.69, 9.17) is 16.3 Å². The van der Waals surface area contributed by atoms with Gasteiger partial charge < -0.3 is 35.5 Å². The molecule has 4 amide bonds. The van der Waals surface area contributed by atoms with Crippen LogP contribution in [0.15, 0.2) is 30.6 Å². The lowest BCUT2D eigenvalue weighted by molar-refractivity contribution is -0.141. The average Bonchev–Trinajstić information content (AvgIpc) is 3.62. The zero-order valence-electron chi connectivity index (χ0n) is 26.9. The minimum atomic E-state index is -4.70. The number of amides is 4. The molecule has 14 nitrogen and oxygen atoms in total. The summed E-state index contributed by atoms with van der Waals surface area (Å²) in [6, 6.07) is 3.67. The number of nitrogens with one attached hydrogen (secondary N) is 4. The molecule has 0 radical (unpaired) electrons. The number of benzene rings is 1. The van der Waals surface area contributed by atoms with Gasteiger partial charge >= 0.3 is 12.2 Å². The highest BCUT2D eigenvalue weighted by atomic mass is 35.5. The molecule has 2 aromatic heterocycles. The minimum absolute atomic E-state index is 0.0820. The molecule has 266 valence electrons. The second-order valence-corrected chi connectivity index (χ2v) is 13.7. The Hall–Kier alpha value is -4.64. The van der Waals surface area contributed by atoms with Crippen molar-refractivity contribution in [2.45, 2.75) is 50.2 Å². The zero-order chi connectivity index (χ0) is 35.3. The quantitative estimate of drug-likeness (QED) is 0.233. The van der Waals surface area contributed by atoms with Crippen molar-refractivity contribution in [3.63, 3.8) is 0 Å². The normalized spacial score (nSPS) is 24.3. The van der Waals surface area contributed by atoms with Crippen molar-refractivity contribution in [1.82, 2.24) is 40.2 Å². The van der Waals surface area contributed by atoms with E-state index in [1.807, 2.05) is 0 Å². The number of anilines is 1. The van der Waals surface area contributed by atoms with Crippen molar-refractivity contribution >= 4 is 41.6 Å². The second-order valence-electron chi connectivity index (χ2n) is 13.3. The van der Waals surface area contributed by atoms with Crippen LogP contribution in [0.1, 0.15) is 45.9 Å². The fourth-order valence-electron chi connectivity index (χ4n) is 7.08. The number of fused-ring (bicyclic) bond motifs is 1. The van der Waals surface area contributed by atoms with Gasteiger partial charge in [-0.05, 0) is 37.0 Å². The Kier molecular flexibility index (Phi) is 8.96. The van der Waals surface area contributed by atoms with E-state index in [1.54, 1.807) is 4.90 Å². The third-order valence-electron chi connectivity index (χ3n) is 10.1. The Bertz CT molecular complexity index is 1810. The first kappa shape index (κ1) is 33.8. The van der Waals surface area contributed by atoms with Crippen molar-refractivity contribution in [3.05, 3.63) is 52.7 Å². The van der Waals surface area contributed by atoms with E-state index in [-0.39, 0.29) is 63.3 Å². The number of piperidine rings is 1. The summed E-state index contributed by atoms with van der Waals surface area (Å²) in [5.41, 5.74) is -0.667. The first-order chi connectivity index (χ1) is 23.9. The Morgan fingerprint density at radius 3 is 2.54 bits per heavy atom. The molecule has 2 aliphatic carbocycles. The molecule has 2 aliphatic heterocycles. The molecule has 4 heterocycles. The summed E-state index contributed by atoms with van der Waals surface area (Å²) in [7, 11) is 1.45. The summed E-state index contributed by atoms with van der Waals surface area (Å²) < 4.78 is 49.3. The number of hydrogen-bond acceptors (Lipinski definition) is 8. The third-order valence-corrected chi connectivity index (χ3v) is 10.4. The number of nitrogens with zero attached hydrogens (tertiary/aromatic N) is 5. The SMILES string of the molecule is Cn1c(-c2cn(CC3CCC3)nc2C(F)(F)F)cnc1C(=O)Nc1ccc(C(=O)NC2[C@H]3CN(C(=O)N[C@@H]4CNC[C@H]4OC=O)C[C@@H]23)c(Cl)c1. The lowest BCUT2D eigenvalue weighted by Gasteiger charge is -2.25. The van der Waals surface area contributed by atoms with E-state index >= 15 is 0 Å². The van der Waals surface area contributed by atoms with E-state index in [9.17, 15) is 32.3 Å². The predicted molar refractivity (Wildman–Crippen MR) is 172 cm³/mol. The second kappa shape index (κ2) is 13.2. The molecule has 3 aromatic rings. The van der Waals surface area contributed by atoms with Gasteiger partial charge in [-0.25, -0.2) is 9.78 Å². The Morgan fingerprint density at radius 2 is 1.88 bits per heavy atom. The number of aromatic nitrogens is 4. The Labute approximate surface area is 289 Å². The summed E-state index contributed by atoms with van der Waals surface area (Å²) in [4.78, 5) is 55.5. The number of likely N-dealkylation sites (tertiary alicyclic amines) is 1. The molecule has 50 heavy (non-hydrogen) atoms. The van der Waals surface area contributed by atoms with E-state index in [0.29, 0.717) is 45.1 Å². The topological polar surface area (TPSA) is 165 Å². The highest BCUT2D eigenvalue weighted by Gasteiger charge is 2.57. The molecule has 2 saturated carbocycles. The van der Waals surface area contributed by atoms with Gasteiger partial charge in [0, 0.05) is 69.5 Å². The van der Waals surface area contributed by atoms with Crippen molar-refractivity contribution < 1.29 is 37.1 Å². The Balaban J connectivity index is 0.943. The van der Waals surface area contributed by atoms with Crippen LogP contribution in [-0.4, -0.2) is 92.9 Å².